The molecule has 0 bridgehead atoms. The number of furan rings is 1. The molecule has 3 heterocycles. The summed E-state index contributed by atoms with van der Waals surface area (Å²) >= 11 is 5.52. The molecule has 0 unspecified atom stereocenters. The lowest BCUT2D eigenvalue weighted by molar-refractivity contribution is -0.138. The first-order valence-electron chi connectivity index (χ1n) is 18.3. The standard InChI is InChI=1S/C40H36F4N6O7S/c1-38(2)36(54)49(24-5-3-22(20-45)29(18-24)40(42,43)44)37(58)50(38)25-6-9-31(30(41)19-25)56-16-15-55-14-13-46-39(11-12-39)35(53)47-23-4-7-26-28(21-57-32(26)17-23)27-8-10-33(51)48-34(27)52/h3-7,9,17-19,21,27,46H,8,10-16H2,1-2H3,(H,47,53)(H,48,51,52)/t27-/m1/s1. The van der Waals surface area contributed by atoms with E-state index in [1.165, 1.54) is 49.3 Å². The maximum atomic E-state index is 15.3. The zero-order chi connectivity index (χ0) is 41.6. The fourth-order valence-corrected chi connectivity index (χ4v) is 7.65. The van der Waals surface area contributed by atoms with Gasteiger partial charge in [0.2, 0.25) is 17.7 Å². The number of nitriles is 1. The highest BCUT2D eigenvalue weighted by atomic mass is 32.1. The number of carbonyl (C=O) groups is 4. The fourth-order valence-electron chi connectivity index (χ4n) is 7.13. The van der Waals surface area contributed by atoms with Crippen molar-refractivity contribution in [3.8, 4) is 11.8 Å². The van der Waals surface area contributed by atoms with Crippen molar-refractivity contribution in [2.75, 3.05) is 41.5 Å². The van der Waals surface area contributed by atoms with E-state index in [1.54, 1.807) is 18.2 Å². The Labute approximate surface area is 334 Å². The van der Waals surface area contributed by atoms with E-state index in [-0.39, 0.29) is 66.2 Å². The Morgan fingerprint density at radius 2 is 1.81 bits per heavy atom. The maximum absolute atomic E-state index is 15.3. The molecule has 13 nitrogen and oxygen atoms in total. The van der Waals surface area contributed by atoms with Gasteiger partial charge in [0.25, 0.3) is 5.91 Å². The number of nitrogens with zero attached hydrogens (tertiary/aromatic N) is 3. The van der Waals surface area contributed by atoms with Crippen LogP contribution in [0, 0.1) is 17.1 Å². The molecular formula is C40H36F4N6O7S. The normalized spacial score (nSPS) is 18.7. The van der Waals surface area contributed by atoms with E-state index in [2.05, 4.69) is 16.0 Å². The Balaban J connectivity index is 0.877. The van der Waals surface area contributed by atoms with Crippen molar-refractivity contribution >= 4 is 69.0 Å². The first-order valence-corrected chi connectivity index (χ1v) is 18.7. The van der Waals surface area contributed by atoms with E-state index in [1.807, 2.05) is 0 Å². The van der Waals surface area contributed by atoms with E-state index in [0.717, 1.165) is 22.4 Å². The van der Waals surface area contributed by atoms with Crippen LogP contribution in [0.3, 0.4) is 0 Å². The molecule has 2 aliphatic heterocycles. The molecule has 3 N–H and O–H groups in total. The summed E-state index contributed by atoms with van der Waals surface area (Å²) in [4.78, 5) is 52.8. The van der Waals surface area contributed by atoms with Crippen molar-refractivity contribution in [2.45, 2.75) is 62.7 Å². The lowest BCUT2D eigenvalue weighted by atomic mass is 9.90. The second kappa shape index (κ2) is 15.5. The number of alkyl halides is 3. The van der Waals surface area contributed by atoms with Crippen LogP contribution in [-0.4, -0.2) is 66.2 Å². The smallest absolute Gasteiger partial charge is 0.417 e. The van der Waals surface area contributed by atoms with Gasteiger partial charge in [0.1, 0.15) is 17.7 Å². The topological polar surface area (TPSA) is 166 Å². The van der Waals surface area contributed by atoms with Crippen molar-refractivity contribution in [2.24, 2.45) is 0 Å². The molecule has 1 aliphatic carbocycles. The van der Waals surface area contributed by atoms with Gasteiger partial charge < -0.3 is 29.4 Å². The van der Waals surface area contributed by atoms with Gasteiger partial charge in [0.05, 0.1) is 53.8 Å². The highest BCUT2D eigenvalue weighted by molar-refractivity contribution is 7.81. The van der Waals surface area contributed by atoms with E-state index in [0.29, 0.717) is 48.7 Å². The van der Waals surface area contributed by atoms with E-state index < -0.39 is 46.0 Å². The Morgan fingerprint density at radius 3 is 2.50 bits per heavy atom. The van der Waals surface area contributed by atoms with Gasteiger partial charge >= 0.3 is 6.18 Å². The van der Waals surface area contributed by atoms with Gasteiger partial charge in [-0.1, -0.05) is 0 Å². The summed E-state index contributed by atoms with van der Waals surface area (Å²) in [5.41, 5.74) is -2.29. The summed E-state index contributed by atoms with van der Waals surface area (Å²) in [6, 6.07) is 13.5. The van der Waals surface area contributed by atoms with Gasteiger partial charge in [-0.05, 0) is 87.8 Å². The van der Waals surface area contributed by atoms with Crippen molar-refractivity contribution in [3.63, 3.8) is 0 Å². The first kappa shape index (κ1) is 40.3. The molecule has 1 aromatic heterocycles. The lowest BCUT2D eigenvalue weighted by Crippen LogP contribution is -2.44. The van der Waals surface area contributed by atoms with Gasteiger partial charge in [-0.25, -0.2) is 4.39 Å². The number of rotatable bonds is 13. The average Bonchev–Trinajstić information content (AvgIpc) is 3.81. The largest absolute Gasteiger partial charge is 0.488 e. The maximum Gasteiger partial charge on any atom is 0.417 e. The van der Waals surface area contributed by atoms with Crippen LogP contribution >= 0.6 is 12.2 Å². The zero-order valence-corrected chi connectivity index (χ0v) is 31.9. The third-order valence-corrected chi connectivity index (χ3v) is 10.8. The number of thiocarbonyl (C=S) groups is 1. The second-order valence-electron chi connectivity index (χ2n) is 14.6. The molecule has 4 amide bonds. The number of hydrogen-bond acceptors (Lipinski definition) is 10. The Bertz CT molecular complexity index is 2390. The van der Waals surface area contributed by atoms with E-state index in [9.17, 15) is 32.3 Å². The molecule has 302 valence electrons. The van der Waals surface area contributed by atoms with Crippen LogP contribution in [0.5, 0.6) is 5.75 Å². The number of halogens is 4. The zero-order valence-electron chi connectivity index (χ0n) is 31.1. The highest BCUT2D eigenvalue weighted by Gasteiger charge is 2.51. The molecule has 3 aromatic carbocycles. The van der Waals surface area contributed by atoms with Gasteiger partial charge in [-0.2, -0.15) is 18.4 Å². The third-order valence-electron chi connectivity index (χ3n) is 10.4. The van der Waals surface area contributed by atoms with Crippen LogP contribution in [-0.2, 0) is 30.1 Å². The molecule has 1 atom stereocenters. The Kier molecular flexibility index (Phi) is 10.7. The number of fused-ring (bicyclic) bond motifs is 1. The minimum atomic E-state index is -4.85. The summed E-state index contributed by atoms with van der Waals surface area (Å²) in [5.74, 6) is -2.90. The molecule has 4 aromatic rings. The molecule has 7 rings (SSSR count). The SMILES string of the molecule is CC1(C)C(=O)N(c2ccc(C#N)c(C(F)(F)F)c2)C(=S)N1c1ccc(OCCOCCNC2(C(=O)Nc3ccc4c([C@H]5CCC(=O)NC5=O)coc4c3)CC2)c(F)c1. The summed E-state index contributed by atoms with van der Waals surface area (Å²) < 4.78 is 73.2. The summed E-state index contributed by atoms with van der Waals surface area (Å²) in [5, 5.41) is 18.2. The van der Waals surface area contributed by atoms with Crippen molar-refractivity contribution in [1.82, 2.24) is 10.6 Å². The quantitative estimate of drug-likeness (QED) is 0.0622. The van der Waals surface area contributed by atoms with Gasteiger partial charge in [-0.15, -0.1) is 0 Å². The van der Waals surface area contributed by atoms with Crippen LogP contribution in [0.2, 0.25) is 0 Å². The van der Waals surface area contributed by atoms with E-state index in [4.69, 9.17) is 31.4 Å². The van der Waals surface area contributed by atoms with Gasteiger partial charge in [0, 0.05) is 47.4 Å². The average molecular weight is 821 g/mol. The summed E-state index contributed by atoms with van der Waals surface area (Å²) in [7, 11) is 0. The summed E-state index contributed by atoms with van der Waals surface area (Å²) in [6.45, 7) is 3.69. The molecule has 0 spiro atoms. The number of nitrogens with one attached hydrogen (secondary N) is 3. The molecule has 18 heteroatoms. The predicted molar refractivity (Wildman–Crippen MR) is 205 cm³/mol. The summed E-state index contributed by atoms with van der Waals surface area (Å²) in [6.07, 6.45) is -1.46. The number of hydrogen-bond donors (Lipinski definition) is 3. The van der Waals surface area contributed by atoms with Crippen LogP contribution in [0.1, 0.15) is 62.1 Å². The van der Waals surface area contributed by atoms with Gasteiger partial charge in [-0.3, -0.25) is 29.4 Å². The minimum absolute atomic E-state index is 0.0114. The third kappa shape index (κ3) is 7.72. The molecule has 3 fully saturated rings. The van der Waals surface area contributed by atoms with Crippen molar-refractivity contribution in [3.05, 3.63) is 83.4 Å². The van der Waals surface area contributed by atoms with Crippen molar-refractivity contribution in [1.29, 1.82) is 5.26 Å². The minimum Gasteiger partial charge on any atom is -0.488 e. The fraction of sp³-hybridized carbons (Fsp3) is 0.350. The Hall–Kier alpha value is -5.90. The number of ether oxygens (including phenoxy) is 2. The second-order valence-corrected chi connectivity index (χ2v) is 15.0. The molecule has 2 saturated heterocycles. The van der Waals surface area contributed by atoms with E-state index >= 15 is 4.39 Å². The number of imide groups is 1. The molecular weight excluding hydrogens is 785 g/mol. The lowest BCUT2D eigenvalue weighted by Gasteiger charge is -2.29. The Morgan fingerprint density at radius 1 is 1.05 bits per heavy atom. The first-order chi connectivity index (χ1) is 27.5. The monoisotopic (exact) mass is 820 g/mol. The van der Waals surface area contributed by atoms with Crippen LogP contribution in [0.15, 0.2) is 65.3 Å². The number of benzene rings is 3. The van der Waals surface area contributed by atoms with Crippen LogP contribution in [0.25, 0.3) is 11.0 Å². The van der Waals surface area contributed by atoms with Gasteiger partial charge in [0.15, 0.2) is 16.7 Å². The molecule has 3 aliphatic rings. The number of carbonyl (C=O) groups excluding carboxylic acids is 4. The van der Waals surface area contributed by atoms with Crippen molar-refractivity contribution < 1.29 is 50.6 Å². The number of amides is 4. The van der Waals surface area contributed by atoms with Crippen LogP contribution < -0.4 is 30.5 Å². The molecule has 58 heavy (non-hydrogen) atoms. The highest BCUT2D eigenvalue weighted by Crippen LogP contribution is 2.41. The molecule has 1 saturated carbocycles. The molecule has 0 radical (unpaired) electrons. The van der Waals surface area contributed by atoms with Crippen LogP contribution in [0.4, 0.5) is 34.6 Å². The predicted octanol–water partition coefficient (Wildman–Crippen LogP) is 6.06. The number of piperidine rings is 1. The number of anilines is 3.